The summed E-state index contributed by atoms with van der Waals surface area (Å²) in [6.07, 6.45) is 1.78. The van der Waals surface area contributed by atoms with Crippen molar-refractivity contribution in [1.29, 1.82) is 0 Å². The van der Waals surface area contributed by atoms with Gasteiger partial charge >= 0.3 is 5.97 Å². The van der Waals surface area contributed by atoms with Gasteiger partial charge in [0.2, 0.25) is 5.91 Å². The normalized spacial score (nSPS) is 21.4. The number of non-ortho nitro benzene ring substituents is 1. The molecule has 0 aliphatic heterocycles. The van der Waals surface area contributed by atoms with E-state index in [0.29, 0.717) is 18.5 Å². The summed E-state index contributed by atoms with van der Waals surface area (Å²) >= 11 is 0. The summed E-state index contributed by atoms with van der Waals surface area (Å²) < 4.78 is 0. The molecule has 7 heteroatoms. The molecule has 7 nitrogen and oxygen atoms in total. The quantitative estimate of drug-likeness (QED) is 0.646. The van der Waals surface area contributed by atoms with Crippen molar-refractivity contribution in [2.24, 2.45) is 11.8 Å². The van der Waals surface area contributed by atoms with E-state index < -0.39 is 22.7 Å². The minimum Gasteiger partial charge on any atom is -0.481 e. The van der Waals surface area contributed by atoms with Crippen LogP contribution in [0.2, 0.25) is 0 Å². The standard InChI is InChI=1S/C13H14N2O5/c16-12(10-2-1-3-11(10)13(17)18)14-8-4-6-9(7-5-8)15(19)20/h4-7,10-11H,1-3H2,(H,14,16)(H,17,18)/t10-,11+/m1/s1. The van der Waals surface area contributed by atoms with Gasteiger partial charge < -0.3 is 10.4 Å². The number of carbonyl (C=O) groups excluding carboxylic acids is 1. The second-order valence-electron chi connectivity index (χ2n) is 4.78. The smallest absolute Gasteiger partial charge is 0.307 e. The maximum Gasteiger partial charge on any atom is 0.307 e. The van der Waals surface area contributed by atoms with Crippen LogP contribution < -0.4 is 5.32 Å². The minimum absolute atomic E-state index is 0.0627. The van der Waals surface area contributed by atoms with E-state index in [1.807, 2.05) is 0 Å². The third kappa shape index (κ3) is 2.93. The molecule has 0 aromatic heterocycles. The zero-order valence-electron chi connectivity index (χ0n) is 10.6. The van der Waals surface area contributed by atoms with Crippen LogP contribution in [-0.2, 0) is 9.59 Å². The van der Waals surface area contributed by atoms with Gasteiger partial charge in [-0.1, -0.05) is 6.42 Å². The molecule has 0 heterocycles. The van der Waals surface area contributed by atoms with Gasteiger partial charge in [0.15, 0.2) is 0 Å². The monoisotopic (exact) mass is 278 g/mol. The Labute approximate surface area is 114 Å². The van der Waals surface area contributed by atoms with E-state index in [1.165, 1.54) is 24.3 Å². The van der Waals surface area contributed by atoms with Crippen LogP contribution in [0.15, 0.2) is 24.3 Å². The van der Waals surface area contributed by atoms with E-state index >= 15 is 0 Å². The molecular weight excluding hydrogens is 264 g/mol. The first-order valence-corrected chi connectivity index (χ1v) is 6.27. The molecule has 1 aliphatic rings. The van der Waals surface area contributed by atoms with Gasteiger partial charge in [-0.3, -0.25) is 19.7 Å². The van der Waals surface area contributed by atoms with Crippen LogP contribution in [0.4, 0.5) is 11.4 Å². The molecule has 2 rings (SSSR count). The molecule has 1 aromatic rings. The Morgan fingerprint density at radius 1 is 1.20 bits per heavy atom. The van der Waals surface area contributed by atoms with Crippen LogP contribution in [0.3, 0.4) is 0 Å². The van der Waals surface area contributed by atoms with Gasteiger partial charge in [0, 0.05) is 17.8 Å². The summed E-state index contributed by atoms with van der Waals surface area (Å²) in [5.41, 5.74) is 0.365. The highest BCUT2D eigenvalue weighted by molar-refractivity contribution is 5.95. The van der Waals surface area contributed by atoms with Gasteiger partial charge in [0.1, 0.15) is 0 Å². The number of aliphatic carboxylic acids is 1. The number of carbonyl (C=O) groups is 2. The molecule has 0 radical (unpaired) electrons. The molecule has 2 N–H and O–H groups in total. The zero-order chi connectivity index (χ0) is 14.7. The lowest BCUT2D eigenvalue weighted by molar-refractivity contribution is -0.384. The number of nitro benzene ring substituents is 1. The molecule has 1 fully saturated rings. The second-order valence-corrected chi connectivity index (χ2v) is 4.78. The highest BCUT2D eigenvalue weighted by Crippen LogP contribution is 2.33. The van der Waals surface area contributed by atoms with E-state index in [0.717, 1.165) is 6.42 Å². The number of hydrogen-bond donors (Lipinski definition) is 2. The molecule has 1 amide bonds. The summed E-state index contributed by atoms with van der Waals surface area (Å²) in [4.78, 5) is 33.1. The third-order valence-corrected chi connectivity index (χ3v) is 3.52. The Kier molecular flexibility index (Phi) is 3.97. The number of rotatable bonds is 4. The molecule has 106 valence electrons. The molecule has 1 saturated carbocycles. The van der Waals surface area contributed by atoms with Crippen molar-refractivity contribution in [3.8, 4) is 0 Å². The average Bonchev–Trinajstić information content (AvgIpc) is 2.88. The van der Waals surface area contributed by atoms with Gasteiger partial charge in [0.05, 0.1) is 16.8 Å². The fraction of sp³-hybridized carbons (Fsp3) is 0.385. The number of nitrogens with one attached hydrogen (secondary N) is 1. The lowest BCUT2D eigenvalue weighted by atomic mass is 9.95. The molecule has 0 spiro atoms. The first-order chi connectivity index (χ1) is 9.49. The SMILES string of the molecule is O=C(O)[C@H]1CCC[C@H]1C(=O)Nc1ccc([N+](=O)[O-])cc1. The number of carboxylic acid groups (broad SMARTS) is 1. The summed E-state index contributed by atoms with van der Waals surface area (Å²) in [6, 6.07) is 5.44. The fourth-order valence-electron chi connectivity index (χ4n) is 2.47. The lowest BCUT2D eigenvalue weighted by Crippen LogP contribution is -2.29. The van der Waals surface area contributed by atoms with Gasteiger partial charge in [-0.05, 0) is 25.0 Å². The van der Waals surface area contributed by atoms with Gasteiger partial charge in [-0.2, -0.15) is 0 Å². The molecule has 0 bridgehead atoms. The number of amides is 1. The molecule has 1 aromatic carbocycles. The van der Waals surface area contributed by atoms with Crippen molar-refractivity contribution in [2.75, 3.05) is 5.32 Å². The van der Waals surface area contributed by atoms with Crippen LogP contribution in [0.1, 0.15) is 19.3 Å². The highest BCUT2D eigenvalue weighted by atomic mass is 16.6. The van der Waals surface area contributed by atoms with Crippen LogP contribution >= 0.6 is 0 Å². The Hall–Kier alpha value is -2.44. The summed E-state index contributed by atoms with van der Waals surface area (Å²) in [5.74, 6) is -2.48. The predicted molar refractivity (Wildman–Crippen MR) is 70.2 cm³/mol. The van der Waals surface area contributed by atoms with E-state index in [1.54, 1.807) is 0 Å². The first-order valence-electron chi connectivity index (χ1n) is 6.27. The summed E-state index contributed by atoms with van der Waals surface area (Å²) in [5, 5.41) is 22.2. The van der Waals surface area contributed by atoms with Crippen molar-refractivity contribution in [1.82, 2.24) is 0 Å². The van der Waals surface area contributed by atoms with Crippen molar-refractivity contribution >= 4 is 23.3 Å². The largest absolute Gasteiger partial charge is 0.481 e. The number of benzene rings is 1. The number of hydrogen-bond acceptors (Lipinski definition) is 4. The molecular formula is C13H14N2O5. The number of nitrogens with zero attached hydrogens (tertiary/aromatic N) is 1. The number of anilines is 1. The minimum atomic E-state index is -0.952. The first kappa shape index (κ1) is 14.0. The molecule has 1 aliphatic carbocycles. The van der Waals surface area contributed by atoms with E-state index in [2.05, 4.69) is 5.32 Å². The Balaban J connectivity index is 2.04. The van der Waals surface area contributed by atoms with E-state index in [9.17, 15) is 19.7 Å². The maximum absolute atomic E-state index is 12.0. The van der Waals surface area contributed by atoms with Crippen LogP contribution in [0, 0.1) is 22.0 Å². The van der Waals surface area contributed by atoms with Crippen molar-refractivity contribution in [3.63, 3.8) is 0 Å². The highest BCUT2D eigenvalue weighted by Gasteiger charge is 2.37. The van der Waals surface area contributed by atoms with Crippen molar-refractivity contribution in [2.45, 2.75) is 19.3 Å². The summed E-state index contributed by atoms with van der Waals surface area (Å²) in [7, 11) is 0. The summed E-state index contributed by atoms with van der Waals surface area (Å²) in [6.45, 7) is 0. The van der Waals surface area contributed by atoms with Crippen molar-refractivity contribution < 1.29 is 19.6 Å². The van der Waals surface area contributed by atoms with Gasteiger partial charge in [-0.15, -0.1) is 0 Å². The zero-order valence-corrected chi connectivity index (χ0v) is 10.6. The van der Waals surface area contributed by atoms with Crippen LogP contribution in [0.25, 0.3) is 0 Å². The predicted octanol–water partition coefficient (Wildman–Crippen LogP) is 2.03. The maximum atomic E-state index is 12.0. The number of nitro groups is 1. The molecule has 2 atom stereocenters. The van der Waals surface area contributed by atoms with Crippen molar-refractivity contribution in [3.05, 3.63) is 34.4 Å². The van der Waals surface area contributed by atoms with Gasteiger partial charge in [-0.25, -0.2) is 0 Å². The Morgan fingerprint density at radius 2 is 1.80 bits per heavy atom. The Bertz CT molecular complexity index is 540. The molecule has 20 heavy (non-hydrogen) atoms. The Morgan fingerprint density at radius 3 is 2.35 bits per heavy atom. The van der Waals surface area contributed by atoms with Crippen LogP contribution in [0.5, 0.6) is 0 Å². The second kappa shape index (κ2) is 5.68. The van der Waals surface area contributed by atoms with E-state index in [4.69, 9.17) is 5.11 Å². The third-order valence-electron chi connectivity index (χ3n) is 3.52. The molecule has 0 unspecified atom stereocenters. The van der Waals surface area contributed by atoms with E-state index in [-0.39, 0.29) is 11.6 Å². The number of carboxylic acids is 1. The molecule has 0 saturated heterocycles. The average molecular weight is 278 g/mol. The topological polar surface area (TPSA) is 110 Å². The lowest BCUT2D eigenvalue weighted by Gasteiger charge is -2.15. The van der Waals surface area contributed by atoms with Crippen LogP contribution in [-0.4, -0.2) is 21.9 Å². The fourth-order valence-corrected chi connectivity index (χ4v) is 2.47. The van der Waals surface area contributed by atoms with Gasteiger partial charge in [0.25, 0.3) is 5.69 Å².